The van der Waals surface area contributed by atoms with Gasteiger partial charge in [-0.15, -0.1) is 23.1 Å². The Balaban J connectivity index is 1.95. The van der Waals surface area contributed by atoms with Crippen molar-refractivity contribution < 1.29 is 9.64 Å². The molecule has 3 rings (SSSR count). The number of aromatic nitrogens is 2. The first-order valence-electron chi connectivity index (χ1n) is 8.90. The van der Waals surface area contributed by atoms with Gasteiger partial charge in [-0.3, -0.25) is 0 Å². The summed E-state index contributed by atoms with van der Waals surface area (Å²) in [5, 5.41) is 3.37. The Morgan fingerprint density at radius 1 is 1.24 bits per heavy atom. The average molecular weight is 399 g/mol. The predicted molar refractivity (Wildman–Crippen MR) is 109 cm³/mol. The molecule has 0 fully saturated rings. The molecular weight excluding hydrogens is 370 g/mol. The standard InChI is InChI=1S/C18H27N3OS3/c1-6-23-17-19-15(24-9-7-8-21(4)5)14-12-10-18(2,3)22-11-13(12)25-16(14)20-17/h6-11H2,1-5H3/p+1. The number of thiophene rings is 1. The van der Waals surface area contributed by atoms with Gasteiger partial charge in [0.05, 0.1) is 32.8 Å². The van der Waals surface area contributed by atoms with Crippen LogP contribution in [0.2, 0.25) is 0 Å². The fourth-order valence-corrected chi connectivity index (χ4v) is 5.84. The Kier molecular flexibility index (Phi) is 6.31. The van der Waals surface area contributed by atoms with Gasteiger partial charge in [-0.1, -0.05) is 18.7 Å². The van der Waals surface area contributed by atoms with Crippen molar-refractivity contribution in [1.82, 2.24) is 9.97 Å². The number of nitrogens with one attached hydrogen (secondary N) is 1. The largest absolute Gasteiger partial charge is 0.370 e. The van der Waals surface area contributed by atoms with E-state index in [1.807, 2.05) is 11.8 Å². The lowest BCUT2D eigenvalue weighted by Crippen LogP contribution is -3.05. The summed E-state index contributed by atoms with van der Waals surface area (Å²) in [4.78, 5) is 13.7. The smallest absolute Gasteiger partial charge is 0.189 e. The Bertz CT molecular complexity index is 743. The molecule has 0 bridgehead atoms. The molecule has 1 N–H and O–H groups in total. The summed E-state index contributed by atoms with van der Waals surface area (Å²) in [7, 11) is 4.42. The fraction of sp³-hybridized carbons (Fsp3) is 0.667. The number of thioether (sulfide) groups is 2. The molecule has 0 saturated heterocycles. The molecule has 138 valence electrons. The van der Waals surface area contributed by atoms with Crippen LogP contribution in [-0.4, -0.2) is 47.7 Å². The minimum Gasteiger partial charge on any atom is -0.370 e. The topological polar surface area (TPSA) is 39.5 Å². The molecule has 2 aromatic heterocycles. The fourth-order valence-electron chi connectivity index (χ4n) is 2.99. The highest BCUT2D eigenvalue weighted by Gasteiger charge is 2.31. The van der Waals surface area contributed by atoms with Gasteiger partial charge in [0.1, 0.15) is 9.86 Å². The van der Waals surface area contributed by atoms with Gasteiger partial charge in [-0.25, -0.2) is 9.97 Å². The zero-order chi connectivity index (χ0) is 18.0. The first-order valence-corrected chi connectivity index (χ1v) is 11.7. The van der Waals surface area contributed by atoms with Crippen molar-refractivity contribution >= 4 is 45.1 Å². The second kappa shape index (κ2) is 8.13. The molecule has 4 nitrogen and oxygen atoms in total. The van der Waals surface area contributed by atoms with Crippen LogP contribution in [0.15, 0.2) is 10.2 Å². The molecule has 0 amide bonds. The van der Waals surface area contributed by atoms with Crippen molar-refractivity contribution in [2.75, 3.05) is 32.1 Å². The van der Waals surface area contributed by atoms with Crippen molar-refractivity contribution in [3.05, 3.63) is 10.4 Å². The van der Waals surface area contributed by atoms with E-state index in [4.69, 9.17) is 14.7 Å². The summed E-state index contributed by atoms with van der Waals surface area (Å²) in [6, 6.07) is 0. The summed E-state index contributed by atoms with van der Waals surface area (Å²) in [6.07, 6.45) is 2.15. The lowest BCUT2D eigenvalue weighted by atomic mass is 9.95. The number of hydrogen-bond donors (Lipinski definition) is 1. The number of quaternary nitrogens is 1. The van der Waals surface area contributed by atoms with Crippen LogP contribution in [0.3, 0.4) is 0 Å². The summed E-state index contributed by atoms with van der Waals surface area (Å²) in [5.41, 5.74) is 1.32. The van der Waals surface area contributed by atoms with Crippen molar-refractivity contribution in [3.63, 3.8) is 0 Å². The van der Waals surface area contributed by atoms with Gasteiger partial charge in [-0.2, -0.15) is 0 Å². The molecule has 3 heterocycles. The average Bonchev–Trinajstić information content (AvgIpc) is 2.88. The van der Waals surface area contributed by atoms with Crippen molar-refractivity contribution in [2.24, 2.45) is 0 Å². The third-order valence-corrected chi connectivity index (χ3v) is 7.10. The number of rotatable bonds is 7. The Labute approximate surface area is 163 Å². The van der Waals surface area contributed by atoms with Gasteiger partial charge in [0.2, 0.25) is 0 Å². The van der Waals surface area contributed by atoms with Crippen LogP contribution in [-0.2, 0) is 17.8 Å². The summed E-state index contributed by atoms with van der Waals surface area (Å²) < 4.78 is 6.01. The van der Waals surface area contributed by atoms with Gasteiger partial charge in [0.25, 0.3) is 0 Å². The first kappa shape index (κ1) is 19.4. The van der Waals surface area contributed by atoms with E-state index in [1.54, 1.807) is 23.1 Å². The maximum absolute atomic E-state index is 6.01. The molecule has 0 aromatic carbocycles. The van der Waals surface area contributed by atoms with E-state index in [0.29, 0.717) is 6.61 Å². The van der Waals surface area contributed by atoms with Crippen LogP contribution in [0.1, 0.15) is 37.6 Å². The van der Waals surface area contributed by atoms with Crippen LogP contribution in [0.5, 0.6) is 0 Å². The SMILES string of the molecule is CCSc1nc(SCCC[NH+](C)C)c2c3c(sc2n1)COC(C)(C)C3. The molecule has 2 aromatic rings. The zero-order valence-electron chi connectivity index (χ0n) is 15.8. The maximum atomic E-state index is 6.01. The minimum absolute atomic E-state index is 0.103. The van der Waals surface area contributed by atoms with Gasteiger partial charge in [-0.05, 0) is 25.2 Å². The first-order chi connectivity index (χ1) is 11.9. The quantitative estimate of drug-likeness (QED) is 0.335. The number of nitrogens with zero attached hydrogens (tertiary/aromatic N) is 2. The van der Waals surface area contributed by atoms with Gasteiger partial charge >= 0.3 is 0 Å². The molecule has 0 aliphatic carbocycles. The normalized spacial score (nSPS) is 16.6. The molecule has 25 heavy (non-hydrogen) atoms. The molecule has 7 heteroatoms. The second-order valence-electron chi connectivity index (χ2n) is 7.31. The van der Waals surface area contributed by atoms with Crippen molar-refractivity contribution in [1.29, 1.82) is 0 Å². The molecule has 0 saturated carbocycles. The van der Waals surface area contributed by atoms with E-state index < -0.39 is 0 Å². The molecule has 0 spiro atoms. The van der Waals surface area contributed by atoms with Crippen molar-refractivity contribution in [3.8, 4) is 0 Å². The monoisotopic (exact) mass is 398 g/mol. The summed E-state index contributed by atoms with van der Waals surface area (Å²) in [5.74, 6) is 2.11. The lowest BCUT2D eigenvalue weighted by molar-refractivity contribution is -0.858. The van der Waals surface area contributed by atoms with E-state index in [2.05, 4.69) is 34.9 Å². The summed E-state index contributed by atoms with van der Waals surface area (Å²) >= 11 is 5.42. The molecular formula is C18H28N3OS3+. The maximum Gasteiger partial charge on any atom is 0.189 e. The number of fused-ring (bicyclic) bond motifs is 3. The Hall–Kier alpha value is -0.340. The van der Waals surface area contributed by atoms with Gasteiger partial charge in [0.15, 0.2) is 5.16 Å². The van der Waals surface area contributed by atoms with Crippen LogP contribution in [0, 0.1) is 0 Å². The van der Waals surface area contributed by atoms with E-state index in [0.717, 1.165) is 27.9 Å². The molecule has 1 aliphatic rings. The van der Waals surface area contributed by atoms with Gasteiger partial charge in [0, 0.05) is 28.9 Å². The van der Waals surface area contributed by atoms with Crippen molar-refractivity contribution in [2.45, 2.75) is 56.0 Å². The predicted octanol–water partition coefficient (Wildman–Crippen LogP) is 3.28. The molecule has 0 unspecified atom stereocenters. The van der Waals surface area contributed by atoms with Crippen LogP contribution < -0.4 is 4.90 Å². The highest BCUT2D eigenvalue weighted by Crippen LogP contribution is 2.42. The van der Waals surface area contributed by atoms with Crippen LogP contribution in [0.25, 0.3) is 10.2 Å². The van der Waals surface area contributed by atoms with E-state index in [-0.39, 0.29) is 5.60 Å². The molecule has 1 aliphatic heterocycles. The third-order valence-electron chi connectivity index (χ3n) is 4.21. The highest BCUT2D eigenvalue weighted by molar-refractivity contribution is 8.00. The zero-order valence-corrected chi connectivity index (χ0v) is 18.2. The van der Waals surface area contributed by atoms with E-state index >= 15 is 0 Å². The van der Waals surface area contributed by atoms with E-state index in [9.17, 15) is 0 Å². The van der Waals surface area contributed by atoms with Crippen LogP contribution in [0.4, 0.5) is 0 Å². The second-order valence-corrected chi connectivity index (χ2v) is 10.7. The van der Waals surface area contributed by atoms with Gasteiger partial charge < -0.3 is 9.64 Å². The molecule has 0 radical (unpaired) electrons. The Morgan fingerprint density at radius 2 is 2.04 bits per heavy atom. The number of ether oxygens (including phenoxy) is 1. The third kappa shape index (κ3) is 4.69. The Morgan fingerprint density at radius 3 is 2.76 bits per heavy atom. The lowest BCUT2D eigenvalue weighted by Gasteiger charge is -2.30. The number of hydrogen-bond acceptors (Lipinski definition) is 6. The summed E-state index contributed by atoms with van der Waals surface area (Å²) in [6.45, 7) is 8.40. The minimum atomic E-state index is -0.103. The highest BCUT2D eigenvalue weighted by atomic mass is 32.2. The molecule has 0 atom stereocenters. The van der Waals surface area contributed by atoms with E-state index in [1.165, 1.54) is 38.7 Å². The van der Waals surface area contributed by atoms with Crippen LogP contribution >= 0.6 is 34.9 Å².